The number of carbonyl (C=O) groups excluding carboxylic acids is 2. The highest BCUT2D eigenvalue weighted by Crippen LogP contribution is 2.31. The molecule has 12 heteroatoms. The summed E-state index contributed by atoms with van der Waals surface area (Å²) >= 11 is 0. The van der Waals surface area contributed by atoms with E-state index in [2.05, 4.69) is 0 Å². The minimum Gasteiger partial charge on any atom is -0.444 e. The standard InChI is InChI=1S/C20H28N2O4.C14H20N2O4/c23-20(26-15-16-9-7-8-14-19(16)22(24)25)21(17-10-3-1-4-11-17)18-12-5-2-6-13-18;1-10(2)15(11(3)4)14(17)20-9-12-7-5-6-8-13(12)16(18)19/h7-9,14,17-18H,1-6,10-13,15H2;5-8,10-11H,9H2,1-4H3. The van der Waals surface area contributed by atoms with Gasteiger partial charge in [-0.2, -0.15) is 0 Å². The summed E-state index contributed by atoms with van der Waals surface area (Å²) in [5.74, 6) is 0. The molecule has 0 N–H and O–H groups in total. The van der Waals surface area contributed by atoms with Gasteiger partial charge in [-0.1, -0.05) is 62.8 Å². The first-order valence-corrected chi connectivity index (χ1v) is 16.4. The van der Waals surface area contributed by atoms with Gasteiger partial charge in [0.2, 0.25) is 0 Å². The molecule has 252 valence electrons. The van der Waals surface area contributed by atoms with Gasteiger partial charge < -0.3 is 19.3 Å². The molecule has 0 unspecified atom stereocenters. The van der Waals surface area contributed by atoms with Gasteiger partial charge in [-0.25, -0.2) is 9.59 Å². The van der Waals surface area contributed by atoms with Crippen molar-refractivity contribution in [1.29, 1.82) is 0 Å². The summed E-state index contributed by atoms with van der Waals surface area (Å²) in [6.07, 6.45) is 10.5. The molecule has 2 fully saturated rings. The lowest BCUT2D eigenvalue weighted by atomic mass is 9.89. The third-order valence-electron chi connectivity index (χ3n) is 8.55. The van der Waals surface area contributed by atoms with Crippen molar-refractivity contribution in [2.75, 3.05) is 0 Å². The van der Waals surface area contributed by atoms with E-state index in [0.717, 1.165) is 51.4 Å². The van der Waals surface area contributed by atoms with Crippen LogP contribution in [0.25, 0.3) is 0 Å². The highest BCUT2D eigenvalue weighted by Gasteiger charge is 2.34. The zero-order chi connectivity index (χ0) is 33.6. The van der Waals surface area contributed by atoms with Crippen molar-refractivity contribution < 1.29 is 28.9 Å². The van der Waals surface area contributed by atoms with E-state index < -0.39 is 15.9 Å². The van der Waals surface area contributed by atoms with Gasteiger partial charge >= 0.3 is 12.2 Å². The Kier molecular flexibility index (Phi) is 14.2. The highest BCUT2D eigenvalue weighted by molar-refractivity contribution is 5.69. The molecule has 2 aromatic carbocycles. The molecule has 0 atom stereocenters. The van der Waals surface area contributed by atoms with E-state index in [0.29, 0.717) is 11.1 Å². The van der Waals surface area contributed by atoms with Gasteiger partial charge in [0.1, 0.15) is 13.2 Å². The number of para-hydroxylation sites is 2. The minimum atomic E-state index is -0.480. The van der Waals surface area contributed by atoms with E-state index in [1.807, 2.05) is 32.6 Å². The van der Waals surface area contributed by atoms with Crippen LogP contribution in [0.5, 0.6) is 0 Å². The Bertz CT molecular complexity index is 1280. The Labute approximate surface area is 271 Å². The van der Waals surface area contributed by atoms with Crippen LogP contribution in [0.1, 0.15) is 103 Å². The molecule has 0 radical (unpaired) electrons. The number of rotatable bonds is 10. The number of hydrogen-bond acceptors (Lipinski definition) is 8. The molecule has 2 saturated carbocycles. The van der Waals surface area contributed by atoms with Crippen LogP contribution in [0, 0.1) is 20.2 Å². The maximum atomic E-state index is 12.9. The lowest BCUT2D eigenvalue weighted by Gasteiger charge is -2.40. The second-order valence-corrected chi connectivity index (χ2v) is 12.5. The van der Waals surface area contributed by atoms with Crippen LogP contribution in [0.15, 0.2) is 48.5 Å². The predicted molar refractivity (Wildman–Crippen MR) is 174 cm³/mol. The fourth-order valence-electron chi connectivity index (χ4n) is 6.38. The zero-order valence-electron chi connectivity index (χ0n) is 27.5. The van der Waals surface area contributed by atoms with Gasteiger partial charge in [-0.15, -0.1) is 0 Å². The SMILES string of the molecule is CC(C)N(C(=O)OCc1ccccc1[N+](=O)[O-])C(C)C.O=C(OCc1ccccc1[N+](=O)[O-])N(C1CCCCC1)C1CCCCC1. The Hall–Kier alpha value is -4.22. The van der Waals surface area contributed by atoms with Crippen molar-refractivity contribution >= 4 is 23.6 Å². The summed E-state index contributed by atoms with van der Waals surface area (Å²) in [5.41, 5.74) is 0.791. The lowest BCUT2D eigenvalue weighted by molar-refractivity contribution is -0.386. The minimum absolute atomic E-state index is 0.00202. The molecule has 4 rings (SSSR count). The predicted octanol–water partition coefficient (Wildman–Crippen LogP) is 8.55. The van der Waals surface area contributed by atoms with Gasteiger partial charge in [-0.05, 0) is 65.5 Å². The van der Waals surface area contributed by atoms with Crippen molar-refractivity contribution in [3.05, 3.63) is 79.9 Å². The summed E-state index contributed by atoms with van der Waals surface area (Å²) in [7, 11) is 0. The average molecular weight is 641 g/mol. The molecular formula is C34H48N4O8. The van der Waals surface area contributed by atoms with Crippen LogP contribution >= 0.6 is 0 Å². The molecule has 0 aliphatic heterocycles. The number of nitro groups is 2. The summed E-state index contributed by atoms with van der Waals surface area (Å²) in [4.78, 5) is 49.6. The van der Waals surface area contributed by atoms with Crippen LogP contribution in [-0.2, 0) is 22.7 Å². The zero-order valence-corrected chi connectivity index (χ0v) is 27.5. The topological polar surface area (TPSA) is 145 Å². The van der Waals surface area contributed by atoms with Crippen molar-refractivity contribution in [3.63, 3.8) is 0 Å². The number of carbonyl (C=O) groups is 2. The molecular weight excluding hydrogens is 592 g/mol. The van der Waals surface area contributed by atoms with Crippen LogP contribution in [0.3, 0.4) is 0 Å². The maximum Gasteiger partial charge on any atom is 0.410 e. The van der Waals surface area contributed by atoms with Crippen LogP contribution in [0.2, 0.25) is 0 Å². The van der Waals surface area contributed by atoms with Crippen LogP contribution < -0.4 is 0 Å². The average Bonchev–Trinajstić information content (AvgIpc) is 3.04. The van der Waals surface area contributed by atoms with Gasteiger partial charge in [-0.3, -0.25) is 20.2 Å². The van der Waals surface area contributed by atoms with Crippen molar-refractivity contribution in [2.24, 2.45) is 0 Å². The second-order valence-electron chi connectivity index (χ2n) is 12.5. The molecule has 0 heterocycles. The quantitative estimate of drug-likeness (QED) is 0.185. The van der Waals surface area contributed by atoms with Gasteiger partial charge in [0.25, 0.3) is 11.4 Å². The number of nitro benzene ring substituents is 2. The first-order chi connectivity index (χ1) is 22.0. The lowest BCUT2D eigenvalue weighted by Crippen LogP contribution is -2.49. The van der Waals surface area contributed by atoms with Gasteiger partial charge in [0.05, 0.1) is 21.0 Å². The number of amides is 2. The molecule has 0 saturated heterocycles. The van der Waals surface area contributed by atoms with E-state index in [1.54, 1.807) is 41.3 Å². The van der Waals surface area contributed by atoms with Crippen LogP contribution in [0.4, 0.5) is 21.0 Å². The van der Waals surface area contributed by atoms with Gasteiger partial charge in [0.15, 0.2) is 0 Å². The fraction of sp³-hybridized carbons (Fsp3) is 0.588. The normalized spacial score (nSPS) is 15.4. The molecule has 46 heavy (non-hydrogen) atoms. The fourth-order valence-corrected chi connectivity index (χ4v) is 6.38. The summed E-state index contributed by atoms with van der Waals surface area (Å²) in [6, 6.07) is 13.2. The molecule has 2 aliphatic carbocycles. The number of hydrogen-bond donors (Lipinski definition) is 0. The summed E-state index contributed by atoms with van der Waals surface area (Å²) in [5, 5.41) is 22.0. The van der Waals surface area contributed by atoms with Crippen molar-refractivity contribution in [1.82, 2.24) is 9.80 Å². The van der Waals surface area contributed by atoms with E-state index >= 15 is 0 Å². The molecule has 0 bridgehead atoms. The number of benzene rings is 2. The van der Waals surface area contributed by atoms with Crippen molar-refractivity contribution in [3.8, 4) is 0 Å². The van der Waals surface area contributed by atoms with E-state index in [-0.39, 0.29) is 54.8 Å². The Morgan fingerprint density at radius 2 is 1.04 bits per heavy atom. The number of nitrogens with zero attached hydrogens (tertiary/aromatic N) is 4. The molecule has 12 nitrogen and oxygen atoms in total. The van der Waals surface area contributed by atoms with E-state index in [9.17, 15) is 29.8 Å². The Morgan fingerprint density at radius 1 is 0.674 bits per heavy atom. The summed E-state index contributed by atoms with van der Waals surface area (Å²) in [6.45, 7) is 7.43. The smallest absolute Gasteiger partial charge is 0.410 e. The third kappa shape index (κ3) is 10.4. The first kappa shape index (κ1) is 36.3. The molecule has 2 amide bonds. The van der Waals surface area contributed by atoms with Crippen molar-refractivity contribution in [2.45, 2.75) is 129 Å². The van der Waals surface area contributed by atoms with Crippen LogP contribution in [-0.4, -0.2) is 56.0 Å². The molecule has 0 aromatic heterocycles. The summed E-state index contributed by atoms with van der Waals surface area (Å²) < 4.78 is 10.8. The monoisotopic (exact) mass is 640 g/mol. The molecule has 0 spiro atoms. The Balaban J connectivity index is 0.000000260. The number of ether oxygens (including phenoxy) is 2. The maximum absolute atomic E-state index is 12.9. The third-order valence-corrected chi connectivity index (χ3v) is 8.55. The second kappa shape index (κ2) is 18.1. The first-order valence-electron chi connectivity index (χ1n) is 16.4. The molecule has 2 aromatic rings. The van der Waals surface area contributed by atoms with E-state index in [4.69, 9.17) is 9.47 Å². The molecule has 2 aliphatic rings. The van der Waals surface area contributed by atoms with Gasteiger partial charge in [0, 0.05) is 36.3 Å². The largest absolute Gasteiger partial charge is 0.444 e. The Morgan fingerprint density at radius 3 is 1.41 bits per heavy atom. The van der Waals surface area contributed by atoms with E-state index in [1.165, 1.54) is 25.0 Å². The highest BCUT2D eigenvalue weighted by atomic mass is 16.6.